The Labute approximate surface area is 128 Å². The zero-order valence-corrected chi connectivity index (χ0v) is 13.6. The molecule has 21 heavy (non-hydrogen) atoms. The van der Waals surface area contributed by atoms with E-state index in [-0.39, 0.29) is 0 Å². The number of fused-ring (bicyclic) bond motifs is 1. The van der Waals surface area contributed by atoms with E-state index in [4.69, 9.17) is 4.74 Å². The van der Waals surface area contributed by atoms with Crippen molar-refractivity contribution >= 4 is 10.8 Å². The second-order valence-electron chi connectivity index (χ2n) is 6.30. The van der Waals surface area contributed by atoms with Gasteiger partial charge in [0.1, 0.15) is 5.75 Å². The molecule has 114 valence electrons. The summed E-state index contributed by atoms with van der Waals surface area (Å²) in [6.07, 6.45) is 2.52. The van der Waals surface area contributed by atoms with E-state index in [0.29, 0.717) is 6.04 Å². The number of hydrogen-bond donors (Lipinski definition) is 1. The van der Waals surface area contributed by atoms with Crippen molar-refractivity contribution in [1.29, 1.82) is 0 Å². The fourth-order valence-electron chi connectivity index (χ4n) is 2.49. The van der Waals surface area contributed by atoms with E-state index >= 15 is 0 Å². The first kappa shape index (κ1) is 15.8. The molecule has 2 heteroatoms. The molecule has 0 bridgehead atoms. The quantitative estimate of drug-likeness (QED) is 0.791. The van der Waals surface area contributed by atoms with E-state index in [1.54, 1.807) is 7.11 Å². The van der Waals surface area contributed by atoms with Crippen LogP contribution in [-0.4, -0.2) is 13.2 Å². The van der Waals surface area contributed by atoms with E-state index in [2.05, 4.69) is 56.4 Å². The van der Waals surface area contributed by atoms with Crippen molar-refractivity contribution in [3.05, 3.63) is 42.0 Å². The van der Waals surface area contributed by atoms with Gasteiger partial charge in [-0.05, 0) is 60.2 Å². The number of methoxy groups -OCH3 is 1. The molecule has 2 nitrogen and oxygen atoms in total. The minimum Gasteiger partial charge on any atom is -0.497 e. The van der Waals surface area contributed by atoms with Gasteiger partial charge in [-0.2, -0.15) is 0 Å². The number of hydrogen-bond acceptors (Lipinski definition) is 2. The maximum Gasteiger partial charge on any atom is 0.119 e. The lowest BCUT2D eigenvalue weighted by Crippen LogP contribution is -2.25. The van der Waals surface area contributed by atoms with Gasteiger partial charge in [-0.1, -0.05) is 32.0 Å². The molecule has 0 saturated carbocycles. The molecule has 1 N–H and O–H groups in total. The summed E-state index contributed by atoms with van der Waals surface area (Å²) in [7, 11) is 1.71. The van der Waals surface area contributed by atoms with E-state index in [1.807, 2.05) is 6.07 Å². The zero-order chi connectivity index (χ0) is 15.2. The molecule has 1 unspecified atom stereocenters. The Balaban J connectivity index is 1.96. The summed E-state index contributed by atoms with van der Waals surface area (Å²) >= 11 is 0. The van der Waals surface area contributed by atoms with Crippen LogP contribution >= 0.6 is 0 Å². The van der Waals surface area contributed by atoms with Crippen LogP contribution in [0.15, 0.2) is 36.4 Å². The first-order chi connectivity index (χ1) is 10.1. The maximum absolute atomic E-state index is 5.27. The van der Waals surface area contributed by atoms with Crippen molar-refractivity contribution in [3.8, 4) is 5.75 Å². The topological polar surface area (TPSA) is 21.3 Å². The highest BCUT2D eigenvalue weighted by molar-refractivity contribution is 5.84. The third-order valence-corrected chi connectivity index (χ3v) is 3.94. The summed E-state index contributed by atoms with van der Waals surface area (Å²) in [6.45, 7) is 7.77. The molecular weight excluding hydrogens is 258 g/mol. The summed E-state index contributed by atoms with van der Waals surface area (Å²) in [6, 6.07) is 13.4. The van der Waals surface area contributed by atoms with Crippen LogP contribution in [0.2, 0.25) is 0 Å². The molecule has 0 fully saturated rings. The van der Waals surface area contributed by atoms with E-state index in [0.717, 1.165) is 18.2 Å². The number of rotatable bonds is 7. The third-order valence-electron chi connectivity index (χ3n) is 3.94. The maximum atomic E-state index is 5.27. The van der Waals surface area contributed by atoms with Gasteiger partial charge in [0.05, 0.1) is 7.11 Å². The summed E-state index contributed by atoms with van der Waals surface area (Å²) in [4.78, 5) is 0. The van der Waals surface area contributed by atoms with Crippen LogP contribution in [-0.2, 0) is 6.54 Å². The molecule has 0 saturated heterocycles. The Bertz CT molecular complexity index is 577. The summed E-state index contributed by atoms with van der Waals surface area (Å²) in [5.74, 6) is 1.69. The van der Waals surface area contributed by atoms with Crippen LogP contribution < -0.4 is 10.1 Å². The second-order valence-corrected chi connectivity index (χ2v) is 6.30. The molecule has 0 aliphatic rings. The van der Waals surface area contributed by atoms with E-state index < -0.39 is 0 Å². The normalized spacial score (nSPS) is 12.8. The largest absolute Gasteiger partial charge is 0.497 e. The first-order valence-electron chi connectivity index (χ1n) is 7.88. The lowest BCUT2D eigenvalue weighted by molar-refractivity contribution is 0.415. The summed E-state index contributed by atoms with van der Waals surface area (Å²) in [5.41, 5.74) is 1.34. The lowest BCUT2D eigenvalue weighted by atomic mass is 10.0. The smallest absolute Gasteiger partial charge is 0.119 e. The van der Waals surface area contributed by atoms with Gasteiger partial charge < -0.3 is 10.1 Å². The van der Waals surface area contributed by atoms with Gasteiger partial charge in [-0.25, -0.2) is 0 Å². The highest BCUT2D eigenvalue weighted by atomic mass is 16.5. The van der Waals surface area contributed by atoms with Crippen molar-refractivity contribution in [3.63, 3.8) is 0 Å². The van der Waals surface area contributed by atoms with Crippen molar-refractivity contribution in [2.45, 2.75) is 46.2 Å². The SMILES string of the molecule is COc1ccc2cc(CNC(C)CCC(C)C)ccc2c1. The first-order valence-corrected chi connectivity index (χ1v) is 7.88. The highest BCUT2D eigenvalue weighted by Crippen LogP contribution is 2.22. The molecule has 0 amide bonds. The molecule has 2 aromatic carbocycles. The molecule has 0 aliphatic carbocycles. The van der Waals surface area contributed by atoms with Gasteiger partial charge >= 0.3 is 0 Å². The van der Waals surface area contributed by atoms with Crippen molar-refractivity contribution < 1.29 is 4.74 Å². The van der Waals surface area contributed by atoms with Gasteiger partial charge in [0.2, 0.25) is 0 Å². The molecule has 0 aromatic heterocycles. The van der Waals surface area contributed by atoms with Gasteiger partial charge in [-0.15, -0.1) is 0 Å². The van der Waals surface area contributed by atoms with Crippen LogP contribution in [0.5, 0.6) is 5.75 Å². The van der Waals surface area contributed by atoms with Crippen LogP contribution in [0.1, 0.15) is 39.2 Å². The van der Waals surface area contributed by atoms with Crippen molar-refractivity contribution in [2.75, 3.05) is 7.11 Å². The fraction of sp³-hybridized carbons (Fsp3) is 0.474. The van der Waals surface area contributed by atoms with Crippen LogP contribution in [0, 0.1) is 5.92 Å². The van der Waals surface area contributed by atoms with Crippen LogP contribution in [0.4, 0.5) is 0 Å². The fourth-order valence-corrected chi connectivity index (χ4v) is 2.49. The Kier molecular flexibility index (Phi) is 5.63. The number of nitrogens with one attached hydrogen (secondary N) is 1. The predicted molar refractivity (Wildman–Crippen MR) is 90.9 cm³/mol. The number of benzene rings is 2. The average Bonchev–Trinajstić information content (AvgIpc) is 2.50. The molecule has 2 rings (SSSR count). The number of ether oxygens (including phenoxy) is 1. The second kappa shape index (κ2) is 7.46. The van der Waals surface area contributed by atoms with Gasteiger partial charge in [0.25, 0.3) is 0 Å². The summed E-state index contributed by atoms with van der Waals surface area (Å²) in [5, 5.41) is 6.11. The zero-order valence-electron chi connectivity index (χ0n) is 13.6. The van der Waals surface area contributed by atoms with Crippen molar-refractivity contribution in [1.82, 2.24) is 5.32 Å². The minimum absolute atomic E-state index is 0.568. The van der Waals surface area contributed by atoms with Gasteiger partial charge in [-0.3, -0.25) is 0 Å². The molecule has 0 radical (unpaired) electrons. The Morgan fingerprint density at radius 2 is 1.67 bits per heavy atom. The lowest BCUT2D eigenvalue weighted by Gasteiger charge is -2.15. The van der Waals surface area contributed by atoms with Gasteiger partial charge in [0, 0.05) is 12.6 Å². The molecule has 1 atom stereocenters. The molecule has 0 spiro atoms. The molecule has 0 aliphatic heterocycles. The average molecular weight is 285 g/mol. The highest BCUT2D eigenvalue weighted by Gasteiger charge is 2.04. The van der Waals surface area contributed by atoms with Crippen molar-refractivity contribution in [2.24, 2.45) is 5.92 Å². The minimum atomic E-state index is 0.568. The summed E-state index contributed by atoms with van der Waals surface area (Å²) < 4.78 is 5.27. The molecule has 0 heterocycles. The van der Waals surface area contributed by atoms with Crippen LogP contribution in [0.25, 0.3) is 10.8 Å². The predicted octanol–water partition coefficient (Wildman–Crippen LogP) is 4.76. The Morgan fingerprint density at radius 3 is 2.38 bits per heavy atom. The molecular formula is C19H27NO. The van der Waals surface area contributed by atoms with E-state index in [1.165, 1.54) is 29.2 Å². The Morgan fingerprint density at radius 1 is 0.952 bits per heavy atom. The van der Waals surface area contributed by atoms with E-state index in [9.17, 15) is 0 Å². The third kappa shape index (κ3) is 4.75. The molecule has 2 aromatic rings. The monoisotopic (exact) mass is 285 g/mol. The van der Waals surface area contributed by atoms with Gasteiger partial charge in [0.15, 0.2) is 0 Å². The Hall–Kier alpha value is -1.54. The van der Waals surface area contributed by atoms with Crippen LogP contribution in [0.3, 0.4) is 0 Å². The standard InChI is InChI=1S/C19H27NO/c1-14(2)5-6-15(3)20-13-16-7-8-18-12-19(21-4)10-9-17(18)11-16/h7-12,14-15,20H,5-6,13H2,1-4H3.